The lowest BCUT2D eigenvalue weighted by molar-refractivity contribution is 0.119. The molecule has 31 heavy (non-hydrogen) atoms. The Morgan fingerprint density at radius 3 is 2.48 bits per heavy atom. The first-order valence-corrected chi connectivity index (χ1v) is 10.5. The van der Waals surface area contributed by atoms with Gasteiger partial charge in [-0.2, -0.15) is 5.10 Å². The number of nitrogens with zero attached hydrogens (tertiary/aromatic N) is 2. The molecule has 164 valence electrons. The second-order valence-electron chi connectivity index (χ2n) is 7.49. The fourth-order valence-corrected chi connectivity index (χ4v) is 3.50. The van der Waals surface area contributed by atoms with E-state index in [0.29, 0.717) is 23.7 Å². The Bertz CT molecular complexity index is 1100. The highest BCUT2D eigenvalue weighted by atomic mass is 79.9. The van der Waals surface area contributed by atoms with Crippen LogP contribution in [0.3, 0.4) is 0 Å². The van der Waals surface area contributed by atoms with Crippen LogP contribution < -0.4 is 21.1 Å². The minimum Gasteiger partial charge on any atom is -0.506 e. The van der Waals surface area contributed by atoms with Crippen LogP contribution in [0.2, 0.25) is 5.02 Å². The van der Waals surface area contributed by atoms with Crippen LogP contribution in [0.25, 0.3) is 11.3 Å². The number of phenolic OH excluding ortho intramolecular Hbond substituents is 1. The number of nitrogens with two attached hydrogens (primary N) is 1. The molecule has 0 aliphatic carbocycles. The molecular weight excluding hydrogens is 486 g/mol. The van der Waals surface area contributed by atoms with Gasteiger partial charge in [0.05, 0.1) is 21.4 Å². The molecule has 3 rings (SSSR count). The quantitative estimate of drug-likeness (QED) is 0.375. The molecule has 0 aliphatic rings. The Morgan fingerprint density at radius 1 is 1.26 bits per heavy atom. The average molecular weight is 509 g/mol. The van der Waals surface area contributed by atoms with Crippen LogP contribution in [0.4, 0.5) is 16.2 Å². The Balaban J connectivity index is 1.90. The molecule has 2 aromatic carbocycles. The number of aryl methyl sites for hydroxylation is 1. The summed E-state index contributed by atoms with van der Waals surface area (Å²) in [6, 6.07) is 9.27. The topological polar surface area (TPSA) is 114 Å². The Labute approximate surface area is 193 Å². The first kappa shape index (κ1) is 22.9. The summed E-state index contributed by atoms with van der Waals surface area (Å²) < 4.78 is 8.63. The van der Waals surface area contributed by atoms with E-state index in [-0.39, 0.29) is 10.8 Å². The zero-order valence-corrected chi connectivity index (χ0v) is 19.6. The van der Waals surface area contributed by atoms with Crippen molar-refractivity contribution < 1.29 is 14.6 Å². The molecule has 0 aliphatic heterocycles. The normalized spacial score (nSPS) is 11.3. The number of aromatic nitrogens is 2. The molecule has 5 N–H and O–H groups in total. The number of hydrogen-bond donors (Lipinski definition) is 4. The molecule has 1 heterocycles. The molecular formula is C21H23BrClN5O3. The SMILES string of the molecule is Cn1ncc(Br)c1-c1cc(NC(=O)Nc2ccc(Cl)c(O)c2)ccc1OC(C)(C)CN. The van der Waals surface area contributed by atoms with E-state index in [0.717, 1.165) is 15.7 Å². The van der Waals surface area contributed by atoms with Crippen molar-refractivity contribution in [2.45, 2.75) is 19.4 Å². The summed E-state index contributed by atoms with van der Waals surface area (Å²) in [4.78, 5) is 12.5. The van der Waals surface area contributed by atoms with Gasteiger partial charge in [0.25, 0.3) is 0 Å². The molecule has 0 saturated carbocycles. The summed E-state index contributed by atoms with van der Waals surface area (Å²) in [5.74, 6) is 0.486. The zero-order valence-electron chi connectivity index (χ0n) is 17.2. The molecule has 2 amide bonds. The summed E-state index contributed by atoms with van der Waals surface area (Å²) in [6.45, 7) is 4.13. The molecule has 0 atom stereocenters. The zero-order chi connectivity index (χ0) is 22.8. The third kappa shape index (κ3) is 5.49. The number of hydrogen-bond acceptors (Lipinski definition) is 5. The highest BCUT2D eigenvalue weighted by molar-refractivity contribution is 9.10. The number of carbonyl (C=O) groups excluding carboxylic acids is 1. The lowest BCUT2D eigenvalue weighted by Gasteiger charge is -2.26. The summed E-state index contributed by atoms with van der Waals surface area (Å²) >= 11 is 9.32. The van der Waals surface area contributed by atoms with Gasteiger partial charge in [-0.05, 0) is 60.1 Å². The number of ether oxygens (including phenoxy) is 1. The number of aromatic hydroxyl groups is 1. The third-order valence-corrected chi connectivity index (χ3v) is 5.37. The van der Waals surface area contributed by atoms with Gasteiger partial charge in [-0.1, -0.05) is 11.6 Å². The van der Waals surface area contributed by atoms with Crippen molar-refractivity contribution in [3.05, 3.63) is 52.1 Å². The minimum atomic E-state index is -0.581. The van der Waals surface area contributed by atoms with Gasteiger partial charge in [-0.3, -0.25) is 4.68 Å². The van der Waals surface area contributed by atoms with Gasteiger partial charge in [0, 0.05) is 36.6 Å². The molecule has 0 fully saturated rings. The first-order chi connectivity index (χ1) is 14.6. The molecule has 0 spiro atoms. The number of urea groups is 1. The second kappa shape index (κ2) is 9.17. The Hall–Kier alpha value is -2.75. The Morgan fingerprint density at radius 2 is 1.90 bits per heavy atom. The molecule has 10 heteroatoms. The van der Waals surface area contributed by atoms with Gasteiger partial charge in [0.2, 0.25) is 0 Å². The van der Waals surface area contributed by atoms with Crippen LogP contribution in [0.5, 0.6) is 11.5 Å². The van der Waals surface area contributed by atoms with Gasteiger partial charge in [-0.15, -0.1) is 0 Å². The second-order valence-corrected chi connectivity index (χ2v) is 8.75. The standard InChI is InChI=1S/C21H23BrClN5O3/c1-21(2,11-24)31-18-7-5-12(8-14(18)19-15(22)10-25-28(19)3)26-20(30)27-13-4-6-16(23)17(29)9-13/h4-10,29H,11,24H2,1-3H3,(H2,26,27,30). The number of amides is 2. The van der Waals surface area contributed by atoms with Crippen LogP contribution in [-0.4, -0.2) is 33.1 Å². The fraction of sp³-hybridized carbons (Fsp3) is 0.238. The largest absolute Gasteiger partial charge is 0.506 e. The number of nitrogens with one attached hydrogen (secondary N) is 2. The van der Waals surface area contributed by atoms with Crippen molar-refractivity contribution >= 4 is 44.9 Å². The third-order valence-electron chi connectivity index (χ3n) is 4.47. The smallest absolute Gasteiger partial charge is 0.323 e. The van der Waals surface area contributed by atoms with Crippen LogP contribution in [0.15, 0.2) is 47.1 Å². The molecule has 1 aromatic heterocycles. The van der Waals surface area contributed by atoms with E-state index in [2.05, 4.69) is 31.7 Å². The predicted molar refractivity (Wildman–Crippen MR) is 126 cm³/mol. The summed E-state index contributed by atoms with van der Waals surface area (Å²) in [7, 11) is 1.82. The van der Waals surface area contributed by atoms with E-state index in [1.807, 2.05) is 20.9 Å². The van der Waals surface area contributed by atoms with Gasteiger partial charge in [-0.25, -0.2) is 4.79 Å². The lowest BCUT2D eigenvalue weighted by Crippen LogP contribution is -2.37. The molecule has 3 aromatic rings. The van der Waals surface area contributed by atoms with Crippen molar-refractivity contribution in [2.24, 2.45) is 12.8 Å². The highest BCUT2D eigenvalue weighted by Gasteiger charge is 2.22. The maximum Gasteiger partial charge on any atom is 0.323 e. The maximum atomic E-state index is 12.5. The summed E-state index contributed by atoms with van der Waals surface area (Å²) in [5.41, 5.74) is 7.71. The average Bonchev–Trinajstić information content (AvgIpc) is 3.04. The van der Waals surface area contributed by atoms with E-state index in [1.54, 1.807) is 35.1 Å². The van der Waals surface area contributed by atoms with Gasteiger partial charge in [0.15, 0.2) is 0 Å². The number of halogens is 2. The minimum absolute atomic E-state index is 0.119. The maximum absolute atomic E-state index is 12.5. The number of anilines is 2. The molecule has 0 bridgehead atoms. The molecule has 0 saturated heterocycles. The number of phenols is 1. The molecule has 0 unspecified atom stereocenters. The van der Waals surface area contributed by atoms with Crippen LogP contribution in [-0.2, 0) is 7.05 Å². The van der Waals surface area contributed by atoms with Crippen molar-refractivity contribution in [1.29, 1.82) is 0 Å². The van der Waals surface area contributed by atoms with Crippen LogP contribution >= 0.6 is 27.5 Å². The van der Waals surface area contributed by atoms with Gasteiger partial charge < -0.3 is 26.2 Å². The van der Waals surface area contributed by atoms with Crippen molar-refractivity contribution in [3.8, 4) is 22.8 Å². The lowest BCUT2D eigenvalue weighted by atomic mass is 10.1. The molecule has 8 nitrogen and oxygen atoms in total. The van der Waals surface area contributed by atoms with E-state index in [4.69, 9.17) is 22.1 Å². The number of benzene rings is 2. The summed E-state index contributed by atoms with van der Waals surface area (Å²) in [5, 5.41) is 19.6. The van der Waals surface area contributed by atoms with Gasteiger partial charge >= 0.3 is 6.03 Å². The van der Waals surface area contributed by atoms with Crippen LogP contribution in [0.1, 0.15) is 13.8 Å². The first-order valence-electron chi connectivity index (χ1n) is 9.37. The monoisotopic (exact) mass is 507 g/mol. The van der Waals surface area contributed by atoms with Crippen molar-refractivity contribution in [3.63, 3.8) is 0 Å². The van der Waals surface area contributed by atoms with Crippen molar-refractivity contribution in [1.82, 2.24) is 9.78 Å². The van der Waals surface area contributed by atoms with E-state index in [9.17, 15) is 9.90 Å². The van der Waals surface area contributed by atoms with E-state index >= 15 is 0 Å². The molecule has 0 radical (unpaired) electrons. The van der Waals surface area contributed by atoms with Crippen molar-refractivity contribution in [2.75, 3.05) is 17.2 Å². The fourth-order valence-electron chi connectivity index (χ4n) is 2.82. The van der Waals surface area contributed by atoms with E-state index < -0.39 is 11.6 Å². The Kier molecular flexibility index (Phi) is 6.78. The van der Waals surface area contributed by atoms with E-state index in [1.165, 1.54) is 12.1 Å². The number of carbonyl (C=O) groups is 1. The highest BCUT2D eigenvalue weighted by Crippen LogP contribution is 2.38. The predicted octanol–water partition coefficient (Wildman–Crippen LogP) is 4.97. The van der Waals surface area contributed by atoms with Gasteiger partial charge in [0.1, 0.15) is 17.1 Å². The summed E-state index contributed by atoms with van der Waals surface area (Å²) in [6.07, 6.45) is 1.69. The van der Waals surface area contributed by atoms with Crippen LogP contribution in [0, 0.1) is 0 Å². The number of rotatable bonds is 6.